The maximum atomic E-state index is 9.38. The van der Waals surface area contributed by atoms with Crippen LogP contribution in [0.5, 0.6) is 0 Å². The summed E-state index contributed by atoms with van der Waals surface area (Å²) in [5, 5.41) is 9.38. The van der Waals surface area contributed by atoms with Crippen LogP contribution in [0.3, 0.4) is 0 Å². The second-order valence-corrected chi connectivity index (χ2v) is 4.91. The van der Waals surface area contributed by atoms with Gasteiger partial charge in [0.25, 0.3) is 0 Å². The molecular formula is C7H14Cl3NO. The van der Waals surface area contributed by atoms with E-state index < -0.39 is 9.90 Å². The van der Waals surface area contributed by atoms with E-state index in [1.807, 2.05) is 18.7 Å². The third-order valence-electron chi connectivity index (χ3n) is 1.70. The Labute approximate surface area is 88.4 Å². The van der Waals surface area contributed by atoms with Crippen LogP contribution in [0.2, 0.25) is 0 Å². The zero-order valence-corrected chi connectivity index (χ0v) is 9.49. The lowest BCUT2D eigenvalue weighted by atomic mass is 10.3. The summed E-state index contributed by atoms with van der Waals surface area (Å²) in [5.41, 5.74) is 0. The van der Waals surface area contributed by atoms with Gasteiger partial charge in [0.15, 0.2) is 0 Å². The predicted molar refractivity (Wildman–Crippen MR) is 54.1 cm³/mol. The molecule has 74 valence electrons. The molecule has 0 aliphatic carbocycles. The Balaban J connectivity index is 3.90. The number of aliphatic hydroxyl groups is 1. The minimum Gasteiger partial charge on any atom is -0.387 e. The van der Waals surface area contributed by atoms with Crippen LogP contribution in [0.15, 0.2) is 0 Å². The first kappa shape index (κ1) is 12.8. The van der Waals surface area contributed by atoms with Crippen LogP contribution in [0.25, 0.3) is 0 Å². The number of hydrogen-bond donors (Lipinski definition) is 1. The van der Waals surface area contributed by atoms with Gasteiger partial charge in [-0.1, -0.05) is 48.7 Å². The second kappa shape index (κ2) is 5.51. The normalized spacial score (nSPS) is 15.2. The molecule has 5 heteroatoms. The van der Waals surface area contributed by atoms with Gasteiger partial charge in [-0.15, -0.1) is 0 Å². The summed E-state index contributed by atoms with van der Waals surface area (Å²) in [5.74, 6) is 0. The Morgan fingerprint density at radius 1 is 1.25 bits per heavy atom. The first-order chi connectivity index (χ1) is 5.41. The molecule has 0 radical (unpaired) electrons. The van der Waals surface area contributed by atoms with Gasteiger partial charge in [0.2, 0.25) is 3.79 Å². The van der Waals surface area contributed by atoms with Crippen LogP contribution in [0.1, 0.15) is 13.8 Å². The van der Waals surface area contributed by atoms with Crippen LogP contribution < -0.4 is 0 Å². The number of hydrogen-bond acceptors (Lipinski definition) is 2. The van der Waals surface area contributed by atoms with Crippen LogP contribution in [0.4, 0.5) is 0 Å². The van der Waals surface area contributed by atoms with Crippen molar-refractivity contribution < 1.29 is 5.11 Å². The Morgan fingerprint density at radius 2 is 1.67 bits per heavy atom. The number of halogens is 3. The Bertz CT molecular complexity index is 122. The molecule has 0 spiro atoms. The molecule has 0 fully saturated rings. The van der Waals surface area contributed by atoms with Gasteiger partial charge >= 0.3 is 0 Å². The van der Waals surface area contributed by atoms with Crippen molar-refractivity contribution in [3.8, 4) is 0 Å². The highest BCUT2D eigenvalue weighted by Gasteiger charge is 2.31. The maximum Gasteiger partial charge on any atom is 0.217 e. The zero-order chi connectivity index (χ0) is 9.78. The summed E-state index contributed by atoms with van der Waals surface area (Å²) in [4.78, 5) is 1.99. The molecule has 0 aliphatic rings. The number of aliphatic hydroxyl groups excluding tert-OH is 1. The lowest BCUT2D eigenvalue weighted by Gasteiger charge is -2.25. The molecule has 0 aromatic rings. The Morgan fingerprint density at radius 3 is 1.92 bits per heavy atom. The van der Waals surface area contributed by atoms with Crippen molar-refractivity contribution in [3.05, 3.63) is 0 Å². The van der Waals surface area contributed by atoms with E-state index in [4.69, 9.17) is 34.8 Å². The van der Waals surface area contributed by atoms with E-state index in [9.17, 15) is 5.11 Å². The van der Waals surface area contributed by atoms with E-state index in [1.165, 1.54) is 0 Å². The highest BCUT2D eigenvalue weighted by atomic mass is 35.6. The molecule has 0 amide bonds. The Hall–Kier alpha value is 0.790. The van der Waals surface area contributed by atoms with Gasteiger partial charge in [0, 0.05) is 6.54 Å². The van der Waals surface area contributed by atoms with Gasteiger partial charge in [-0.2, -0.15) is 0 Å². The molecule has 0 aromatic heterocycles. The third-order valence-corrected chi connectivity index (χ3v) is 2.46. The average molecular weight is 235 g/mol. The van der Waals surface area contributed by atoms with Crippen molar-refractivity contribution in [1.82, 2.24) is 4.90 Å². The summed E-state index contributed by atoms with van der Waals surface area (Å²) < 4.78 is -1.58. The molecule has 0 heterocycles. The molecule has 0 rings (SSSR count). The number of alkyl halides is 3. The highest BCUT2D eigenvalue weighted by Crippen LogP contribution is 2.30. The summed E-state index contributed by atoms with van der Waals surface area (Å²) in [6, 6.07) is 0. The van der Waals surface area contributed by atoms with Crippen molar-refractivity contribution in [2.45, 2.75) is 23.7 Å². The summed E-state index contributed by atoms with van der Waals surface area (Å²) in [6.07, 6.45) is -0.928. The molecular weight excluding hydrogens is 220 g/mol. The van der Waals surface area contributed by atoms with Crippen LogP contribution in [-0.2, 0) is 0 Å². The molecule has 12 heavy (non-hydrogen) atoms. The van der Waals surface area contributed by atoms with Crippen LogP contribution in [0, 0.1) is 0 Å². The molecule has 1 atom stereocenters. The molecule has 0 saturated carbocycles. The topological polar surface area (TPSA) is 23.5 Å². The summed E-state index contributed by atoms with van der Waals surface area (Å²) in [7, 11) is 0. The van der Waals surface area contributed by atoms with E-state index in [-0.39, 0.29) is 0 Å². The van der Waals surface area contributed by atoms with Crippen molar-refractivity contribution >= 4 is 34.8 Å². The fourth-order valence-electron chi connectivity index (χ4n) is 0.830. The first-order valence-electron chi connectivity index (χ1n) is 3.88. The molecule has 2 nitrogen and oxygen atoms in total. The average Bonchev–Trinajstić information content (AvgIpc) is 1.97. The SMILES string of the molecule is CCN(CC)CC(O)C(Cl)(Cl)Cl. The second-order valence-electron chi connectivity index (χ2n) is 2.54. The van der Waals surface area contributed by atoms with Crippen molar-refractivity contribution in [1.29, 1.82) is 0 Å². The van der Waals surface area contributed by atoms with E-state index >= 15 is 0 Å². The van der Waals surface area contributed by atoms with Gasteiger partial charge in [-0.3, -0.25) is 0 Å². The third kappa shape index (κ3) is 4.73. The Kier molecular flexibility index (Phi) is 5.87. The van der Waals surface area contributed by atoms with Gasteiger partial charge in [0.05, 0.1) is 0 Å². The first-order valence-corrected chi connectivity index (χ1v) is 5.02. The summed E-state index contributed by atoms with van der Waals surface area (Å²) >= 11 is 16.5. The molecule has 1 N–H and O–H groups in total. The standard InChI is InChI=1S/C7H14Cl3NO/c1-3-11(4-2)5-6(12)7(8,9)10/h6,12H,3-5H2,1-2H3. The largest absolute Gasteiger partial charge is 0.387 e. The molecule has 0 saturated heterocycles. The van der Waals surface area contributed by atoms with Crippen molar-refractivity contribution in [3.63, 3.8) is 0 Å². The smallest absolute Gasteiger partial charge is 0.217 e. The number of rotatable bonds is 4. The van der Waals surface area contributed by atoms with Gasteiger partial charge in [-0.25, -0.2) is 0 Å². The number of nitrogens with zero attached hydrogens (tertiary/aromatic N) is 1. The lowest BCUT2D eigenvalue weighted by molar-refractivity contribution is 0.121. The van der Waals surface area contributed by atoms with Crippen molar-refractivity contribution in [2.24, 2.45) is 0 Å². The highest BCUT2D eigenvalue weighted by molar-refractivity contribution is 6.68. The van der Waals surface area contributed by atoms with Crippen molar-refractivity contribution in [2.75, 3.05) is 19.6 Å². The monoisotopic (exact) mass is 233 g/mol. The van der Waals surface area contributed by atoms with E-state index in [0.29, 0.717) is 6.54 Å². The van der Waals surface area contributed by atoms with Gasteiger partial charge in [-0.05, 0) is 13.1 Å². The number of likely N-dealkylation sites (N-methyl/N-ethyl adjacent to an activating group) is 1. The quantitative estimate of drug-likeness (QED) is 0.753. The minimum absolute atomic E-state index is 0.392. The van der Waals surface area contributed by atoms with E-state index in [1.54, 1.807) is 0 Å². The minimum atomic E-state index is -1.58. The molecule has 1 unspecified atom stereocenters. The van der Waals surface area contributed by atoms with E-state index in [2.05, 4.69) is 0 Å². The molecule has 0 aromatic carbocycles. The molecule has 0 aliphatic heterocycles. The maximum absolute atomic E-state index is 9.38. The van der Waals surface area contributed by atoms with Gasteiger partial charge < -0.3 is 10.0 Å². The fraction of sp³-hybridized carbons (Fsp3) is 1.00. The lowest BCUT2D eigenvalue weighted by Crippen LogP contribution is -2.39. The van der Waals surface area contributed by atoms with Gasteiger partial charge in [0.1, 0.15) is 6.10 Å². The zero-order valence-electron chi connectivity index (χ0n) is 7.23. The predicted octanol–water partition coefficient (Wildman–Crippen LogP) is 2.06. The fourth-order valence-corrected chi connectivity index (χ4v) is 1.04. The summed E-state index contributed by atoms with van der Waals surface area (Å²) in [6.45, 7) is 6.06. The van der Waals surface area contributed by atoms with E-state index in [0.717, 1.165) is 13.1 Å². The molecule has 0 bridgehead atoms. The van der Waals surface area contributed by atoms with Crippen LogP contribution >= 0.6 is 34.8 Å². The van der Waals surface area contributed by atoms with Crippen LogP contribution in [-0.4, -0.2) is 39.5 Å².